The third kappa shape index (κ3) is 7.10. The molecule has 3 saturated heterocycles. The Labute approximate surface area is 299 Å². The number of carbonyl (C=O) groups is 1. The molecular formula is C40H59ClN6O2. The average Bonchev–Trinajstić information content (AvgIpc) is 3.51. The topological polar surface area (TPSA) is 83.9 Å². The molecular weight excluding hydrogens is 632 g/mol. The number of amides is 1. The van der Waals surface area contributed by atoms with Crippen molar-refractivity contribution in [1.82, 2.24) is 25.3 Å². The minimum atomic E-state index is -0.275. The lowest BCUT2D eigenvalue weighted by atomic mass is 9.51. The van der Waals surface area contributed by atoms with Gasteiger partial charge in [0.1, 0.15) is 0 Å². The van der Waals surface area contributed by atoms with E-state index in [1.807, 2.05) is 4.90 Å². The normalized spacial score (nSPS) is 37.9. The van der Waals surface area contributed by atoms with Crippen LogP contribution in [0.4, 0.5) is 0 Å². The largest absolute Gasteiger partial charge is 0.348 e. The maximum Gasteiger partial charge on any atom is 0.246 e. The van der Waals surface area contributed by atoms with Gasteiger partial charge in [0.05, 0.1) is 31.3 Å². The van der Waals surface area contributed by atoms with E-state index in [0.29, 0.717) is 44.0 Å². The predicted octanol–water partition coefficient (Wildman–Crippen LogP) is 5.80. The predicted molar refractivity (Wildman–Crippen MR) is 195 cm³/mol. The van der Waals surface area contributed by atoms with Crippen LogP contribution in [0.3, 0.4) is 0 Å². The fraction of sp³-hybridized carbons (Fsp3) is 0.750. The molecule has 268 valence electrons. The second kappa shape index (κ2) is 15.3. The first kappa shape index (κ1) is 35.4. The zero-order valence-corrected chi connectivity index (χ0v) is 30.5. The zero-order chi connectivity index (χ0) is 34.0. The van der Waals surface area contributed by atoms with E-state index in [-0.39, 0.29) is 40.8 Å². The number of likely N-dealkylation sites (N-methyl/N-ethyl adjacent to an activating group) is 1. The lowest BCUT2D eigenvalue weighted by Crippen LogP contribution is -2.79. The van der Waals surface area contributed by atoms with Crippen LogP contribution in [0.1, 0.15) is 94.6 Å². The first-order valence-electron chi connectivity index (χ1n) is 19.5. The molecule has 3 aliphatic heterocycles. The molecule has 6 aliphatic rings. The standard InChI is InChI=1S/C40H59ClN6O2/c1-3-36(48)47-23-22-46(26-32(47)18-20-42)37-34-17-19-39(25-30-13-10-9-12-29(30)24-35(39)41)28-40(34,31-14-7-5-4-6-8-15-31)44-38(43-37)49-27-33-16-11-21-45(33)2/h3,9-10,12-13,31-35,37-38,43-44H,1,4-8,11,14-19,21-28H2,2H3/t32?,33?,34?,35?,37?,38?,39-,40?/m0/s1. The first-order valence-corrected chi connectivity index (χ1v) is 19.9. The molecule has 2 saturated carbocycles. The molecule has 1 spiro atoms. The van der Waals surface area contributed by atoms with E-state index in [4.69, 9.17) is 16.3 Å². The third-order valence-electron chi connectivity index (χ3n) is 13.7. The second-order valence-electron chi connectivity index (χ2n) is 16.4. The summed E-state index contributed by atoms with van der Waals surface area (Å²) in [6.45, 7) is 7.64. The summed E-state index contributed by atoms with van der Waals surface area (Å²) in [5.41, 5.74) is 2.80. The quantitative estimate of drug-likeness (QED) is 0.276. The number of ether oxygens (including phenoxy) is 1. The van der Waals surface area contributed by atoms with E-state index in [9.17, 15) is 10.1 Å². The summed E-state index contributed by atoms with van der Waals surface area (Å²) in [6, 6.07) is 11.7. The molecule has 7 unspecified atom stereocenters. The number of benzene rings is 1. The molecule has 1 amide bonds. The summed E-state index contributed by atoms with van der Waals surface area (Å²) in [7, 11) is 2.23. The van der Waals surface area contributed by atoms with E-state index in [1.54, 1.807) is 0 Å². The summed E-state index contributed by atoms with van der Waals surface area (Å²) < 4.78 is 6.94. The number of nitrogens with one attached hydrogen (secondary N) is 2. The number of hydrogen-bond acceptors (Lipinski definition) is 7. The van der Waals surface area contributed by atoms with Crippen molar-refractivity contribution < 1.29 is 9.53 Å². The highest BCUT2D eigenvalue weighted by Gasteiger charge is 2.61. The number of likely N-dealkylation sites (tertiary alicyclic amines) is 1. The highest BCUT2D eigenvalue weighted by molar-refractivity contribution is 6.21. The number of nitrogens with zero attached hydrogens (tertiary/aromatic N) is 4. The van der Waals surface area contributed by atoms with Crippen LogP contribution in [0.2, 0.25) is 0 Å². The first-order chi connectivity index (χ1) is 23.9. The van der Waals surface area contributed by atoms with Gasteiger partial charge in [0, 0.05) is 42.5 Å². The van der Waals surface area contributed by atoms with Crippen LogP contribution in [0.5, 0.6) is 0 Å². The molecule has 0 aromatic heterocycles. The van der Waals surface area contributed by atoms with Crippen molar-refractivity contribution in [3.8, 4) is 6.07 Å². The molecule has 49 heavy (non-hydrogen) atoms. The number of rotatable bonds is 7. The maximum atomic E-state index is 12.9. The molecule has 2 N–H and O–H groups in total. The number of nitriles is 1. The Balaban J connectivity index is 1.26. The highest BCUT2D eigenvalue weighted by Crippen LogP contribution is 2.58. The monoisotopic (exact) mass is 690 g/mol. The van der Waals surface area contributed by atoms with Gasteiger partial charge in [0.25, 0.3) is 0 Å². The minimum absolute atomic E-state index is 0.0261. The van der Waals surface area contributed by atoms with Gasteiger partial charge in [0.15, 0.2) is 6.35 Å². The van der Waals surface area contributed by atoms with Crippen molar-refractivity contribution in [2.75, 3.05) is 39.8 Å². The van der Waals surface area contributed by atoms with Crippen LogP contribution in [0, 0.1) is 28.6 Å². The van der Waals surface area contributed by atoms with Gasteiger partial charge >= 0.3 is 0 Å². The minimum Gasteiger partial charge on any atom is -0.348 e. The number of hydrogen-bond donors (Lipinski definition) is 2. The fourth-order valence-electron chi connectivity index (χ4n) is 11.1. The summed E-state index contributed by atoms with van der Waals surface area (Å²) >= 11 is 7.60. The molecule has 7 rings (SSSR count). The summed E-state index contributed by atoms with van der Waals surface area (Å²) in [5, 5.41) is 18.3. The van der Waals surface area contributed by atoms with Crippen molar-refractivity contribution >= 4 is 17.5 Å². The van der Waals surface area contributed by atoms with Crippen LogP contribution >= 0.6 is 11.6 Å². The van der Waals surface area contributed by atoms with Gasteiger partial charge in [0.2, 0.25) is 5.91 Å². The van der Waals surface area contributed by atoms with E-state index in [0.717, 1.165) is 45.2 Å². The molecule has 1 aromatic carbocycles. The Hall–Kier alpha value is -1.99. The summed E-state index contributed by atoms with van der Waals surface area (Å²) in [6.07, 6.45) is 18.2. The Morgan fingerprint density at radius 3 is 2.57 bits per heavy atom. The van der Waals surface area contributed by atoms with Crippen LogP contribution in [0.15, 0.2) is 36.9 Å². The van der Waals surface area contributed by atoms with Crippen molar-refractivity contribution in [2.45, 2.75) is 132 Å². The second-order valence-corrected chi connectivity index (χ2v) is 16.9. The van der Waals surface area contributed by atoms with Gasteiger partial charge in [-0.25, -0.2) is 0 Å². The fourth-order valence-corrected chi connectivity index (χ4v) is 11.5. The SMILES string of the molecule is C=CC(=O)N1CCN(C2NC(OCC3CCCN3C)NC3(C4CCCCCCC4)C[C@]4(CCC23)Cc2ccccc2CC4Cl)CC1CC#N. The van der Waals surface area contributed by atoms with E-state index >= 15 is 0 Å². The number of fused-ring (bicyclic) bond motifs is 2. The van der Waals surface area contributed by atoms with Crippen LogP contribution in [-0.4, -0.2) is 96.0 Å². The average molecular weight is 691 g/mol. The molecule has 3 aliphatic carbocycles. The Morgan fingerprint density at radius 1 is 1.06 bits per heavy atom. The lowest BCUT2D eigenvalue weighted by molar-refractivity contribution is -0.166. The van der Waals surface area contributed by atoms with E-state index in [1.165, 1.54) is 75.0 Å². The lowest BCUT2D eigenvalue weighted by Gasteiger charge is -2.65. The van der Waals surface area contributed by atoms with Gasteiger partial charge < -0.3 is 14.5 Å². The van der Waals surface area contributed by atoms with Crippen molar-refractivity contribution in [3.63, 3.8) is 0 Å². The third-order valence-corrected chi connectivity index (χ3v) is 14.4. The van der Waals surface area contributed by atoms with Crippen molar-refractivity contribution in [2.24, 2.45) is 17.3 Å². The highest BCUT2D eigenvalue weighted by atomic mass is 35.5. The Bertz CT molecular complexity index is 1360. The van der Waals surface area contributed by atoms with Crippen LogP contribution < -0.4 is 10.6 Å². The van der Waals surface area contributed by atoms with Gasteiger partial charge in [-0.05, 0) is 99.9 Å². The molecule has 1 aromatic rings. The number of halogens is 1. The number of carbonyl (C=O) groups excluding carboxylic acids is 1. The molecule has 0 radical (unpaired) electrons. The van der Waals surface area contributed by atoms with Crippen molar-refractivity contribution in [1.29, 1.82) is 5.26 Å². The summed E-state index contributed by atoms with van der Waals surface area (Å²) in [4.78, 5) is 19.8. The Kier molecular flexibility index (Phi) is 11.1. The van der Waals surface area contributed by atoms with Gasteiger partial charge in [-0.15, -0.1) is 11.6 Å². The van der Waals surface area contributed by atoms with Crippen LogP contribution in [-0.2, 0) is 22.4 Å². The molecule has 9 heteroatoms. The molecule has 5 fully saturated rings. The van der Waals surface area contributed by atoms with Crippen LogP contribution in [0.25, 0.3) is 0 Å². The van der Waals surface area contributed by atoms with E-state index in [2.05, 4.69) is 64.4 Å². The van der Waals surface area contributed by atoms with Gasteiger partial charge in [-0.2, -0.15) is 5.26 Å². The zero-order valence-electron chi connectivity index (χ0n) is 29.8. The summed E-state index contributed by atoms with van der Waals surface area (Å²) in [5.74, 6) is 0.829. The Morgan fingerprint density at radius 2 is 1.84 bits per heavy atom. The van der Waals surface area contributed by atoms with Gasteiger partial charge in [-0.3, -0.25) is 20.3 Å². The smallest absolute Gasteiger partial charge is 0.246 e. The van der Waals surface area contributed by atoms with Crippen molar-refractivity contribution in [3.05, 3.63) is 48.0 Å². The molecule has 0 bridgehead atoms. The van der Waals surface area contributed by atoms with Gasteiger partial charge in [-0.1, -0.05) is 62.9 Å². The molecule has 3 heterocycles. The molecule has 8 atom stereocenters. The molecule has 8 nitrogen and oxygen atoms in total. The van der Waals surface area contributed by atoms with E-state index < -0.39 is 0 Å². The number of alkyl halides is 1. The maximum absolute atomic E-state index is 12.9. The number of piperazine rings is 1.